The van der Waals surface area contributed by atoms with E-state index in [1.54, 1.807) is 29.3 Å². The summed E-state index contributed by atoms with van der Waals surface area (Å²) in [5, 5.41) is 7.65. The molecule has 1 aromatic heterocycles. The molecule has 0 unspecified atom stereocenters. The van der Waals surface area contributed by atoms with Crippen LogP contribution in [0.4, 0.5) is 10.5 Å². The van der Waals surface area contributed by atoms with Gasteiger partial charge in [0.25, 0.3) is 5.91 Å². The van der Waals surface area contributed by atoms with Gasteiger partial charge in [-0.25, -0.2) is 9.48 Å². The van der Waals surface area contributed by atoms with Crippen molar-refractivity contribution < 1.29 is 23.8 Å². The summed E-state index contributed by atoms with van der Waals surface area (Å²) in [6.07, 6.45) is 2.72. The summed E-state index contributed by atoms with van der Waals surface area (Å²) in [5.41, 5.74) is 3.43. The van der Waals surface area contributed by atoms with Crippen molar-refractivity contribution in [2.24, 2.45) is 0 Å². The summed E-state index contributed by atoms with van der Waals surface area (Å²) in [6.45, 7) is 9.69. The highest BCUT2D eigenvalue weighted by Gasteiger charge is 2.32. The number of amides is 2. The highest BCUT2D eigenvalue weighted by Crippen LogP contribution is 2.35. The normalized spacial score (nSPS) is 15.7. The van der Waals surface area contributed by atoms with E-state index in [4.69, 9.17) is 14.2 Å². The number of fused-ring (bicyclic) bond motifs is 1. The highest BCUT2D eigenvalue weighted by molar-refractivity contribution is 6.05. The molecule has 2 aliphatic rings. The number of nitrogens with one attached hydrogen (secondary N) is 1. The summed E-state index contributed by atoms with van der Waals surface area (Å²) in [4.78, 5) is 27.9. The zero-order valence-electron chi connectivity index (χ0n) is 22.3. The predicted octanol–water partition coefficient (Wildman–Crippen LogP) is 5.32. The quantitative estimate of drug-likeness (QED) is 0.502. The van der Waals surface area contributed by atoms with Gasteiger partial charge in [-0.3, -0.25) is 4.79 Å². The SMILES string of the molecule is Cc1cccc(-n2ncc(C(=O)Nc3ccc4c(c3)OCCO4)c2C2CCN(C(=O)OC(C)(C)C)CC2)c1. The number of carbonyl (C=O) groups excluding carboxylic acids is 2. The van der Waals surface area contributed by atoms with Crippen LogP contribution in [0.1, 0.15) is 61.1 Å². The van der Waals surface area contributed by atoms with Crippen LogP contribution in [0.2, 0.25) is 0 Å². The van der Waals surface area contributed by atoms with Gasteiger partial charge in [-0.05, 0) is 70.4 Å². The zero-order valence-corrected chi connectivity index (χ0v) is 22.3. The third kappa shape index (κ3) is 5.61. The van der Waals surface area contributed by atoms with Crippen LogP contribution in [0.15, 0.2) is 48.7 Å². The molecule has 3 aromatic rings. The number of ether oxygens (including phenoxy) is 3. The van der Waals surface area contributed by atoms with Crippen molar-refractivity contribution in [1.29, 1.82) is 0 Å². The maximum Gasteiger partial charge on any atom is 0.410 e. The average molecular weight is 519 g/mol. The Balaban J connectivity index is 1.41. The van der Waals surface area contributed by atoms with Crippen LogP contribution in [0, 0.1) is 6.92 Å². The van der Waals surface area contributed by atoms with Gasteiger partial charge in [-0.1, -0.05) is 12.1 Å². The number of hydrogen-bond acceptors (Lipinski definition) is 6. The second-order valence-electron chi connectivity index (χ2n) is 10.7. The van der Waals surface area contributed by atoms with Crippen LogP contribution in [-0.4, -0.2) is 58.6 Å². The molecule has 1 N–H and O–H groups in total. The van der Waals surface area contributed by atoms with E-state index in [-0.39, 0.29) is 17.9 Å². The Morgan fingerprint density at radius 2 is 1.76 bits per heavy atom. The number of aromatic nitrogens is 2. The van der Waals surface area contributed by atoms with E-state index in [1.165, 1.54) is 0 Å². The van der Waals surface area contributed by atoms with Crippen molar-refractivity contribution in [3.8, 4) is 17.2 Å². The minimum atomic E-state index is -0.545. The first-order valence-corrected chi connectivity index (χ1v) is 13.0. The standard InChI is InChI=1S/C29H34N4O5/c1-19-6-5-7-22(16-19)33-26(20-10-12-32(13-11-20)28(35)38-29(2,3)4)23(18-30-33)27(34)31-21-8-9-24-25(17-21)37-15-14-36-24/h5-9,16-18,20H,10-15H2,1-4H3,(H,31,34). The number of nitrogens with zero attached hydrogens (tertiary/aromatic N) is 3. The second kappa shape index (κ2) is 10.4. The monoisotopic (exact) mass is 518 g/mol. The van der Waals surface area contributed by atoms with Crippen molar-refractivity contribution in [2.45, 2.75) is 52.1 Å². The molecule has 0 saturated carbocycles. The summed E-state index contributed by atoms with van der Waals surface area (Å²) >= 11 is 0. The molecule has 1 fully saturated rings. The second-order valence-corrected chi connectivity index (χ2v) is 10.7. The lowest BCUT2D eigenvalue weighted by atomic mass is 9.90. The summed E-state index contributed by atoms with van der Waals surface area (Å²) < 4.78 is 18.7. The van der Waals surface area contributed by atoms with Crippen LogP contribution in [0.25, 0.3) is 5.69 Å². The van der Waals surface area contributed by atoms with Crippen molar-refractivity contribution in [1.82, 2.24) is 14.7 Å². The molecule has 1 saturated heterocycles. The number of carbonyl (C=O) groups is 2. The van der Waals surface area contributed by atoms with Gasteiger partial charge in [0.15, 0.2) is 11.5 Å². The van der Waals surface area contributed by atoms with Gasteiger partial charge in [0, 0.05) is 30.8 Å². The van der Waals surface area contributed by atoms with E-state index in [0.717, 1.165) is 16.9 Å². The van der Waals surface area contributed by atoms with Gasteiger partial charge in [0.05, 0.1) is 23.1 Å². The predicted molar refractivity (Wildman–Crippen MR) is 143 cm³/mol. The van der Waals surface area contributed by atoms with E-state index < -0.39 is 5.60 Å². The fourth-order valence-electron chi connectivity index (χ4n) is 4.87. The van der Waals surface area contributed by atoms with E-state index in [1.807, 2.05) is 50.6 Å². The third-order valence-electron chi connectivity index (χ3n) is 6.63. The molecule has 5 rings (SSSR count). The first-order valence-electron chi connectivity index (χ1n) is 13.0. The largest absolute Gasteiger partial charge is 0.486 e. The third-order valence-corrected chi connectivity index (χ3v) is 6.63. The number of anilines is 1. The Morgan fingerprint density at radius 1 is 1.03 bits per heavy atom. The van der Waals surface area contributed by atoms with Gasteiger partial charge in [0.2, 0.25) is 0 Å². The number of rotatable bonds is 4. The molecule has 0 aliphatic carbocycles. The molecule has 38 heavy (non-hydrogen) atoms. The highest BCUT2D eigenvalue weighted by atomic mass is 16.6. The molecule has 2 aliphatic heterocycles. The fourth-order valence-corrected chi connectivity index (χ4v) is 4.87. The van der Waals surface area contributed by atoms with Gasteiger partial charge in [-0.2, -0.15) is 5.10 Å². The van der Waals surface area contributed by atoms with Crippen molar-refractivity contribution in [2.75, 3.05) is 31.6 Å². The van der Waals surface area contributed by atoms with Gasteiger partial charge < -0.3 is 24.4 Å². The van der Waals surface area contributed by atoms with Crippen LogP contribution < -0.4 is 14.8 Å². The average Bonchev–Trinajstić information content (AvgIpc) is 3.33. The molecule has 200 valence electrons. The lowest BCUT2D eigenvalue weighted by molar-refractivity contribution is 0.0203. The number of benzene rings is 2. The smallest absolute Gasteiger partial charge is 0.410 e. The summed E-state index contributed by atoms with van der Waals surface area (Å²) in [6, 6.07) is 13.4. The Hall–Kier alpha value is -4.01. The van der Waals surface area contributed by atoms with E-state index in [0.29, 0.717) is 61.9 Å². The molecule has 0 atom stereocenters. The van der Waals surface area contributed by atoms with Gasteiger partial charge in [0.1, 0.15) is 18.8 Å². The molecule has 9 nitrogen and oxygen atoms in total. The topological polar surface area (TPSA) is 94.9 Å². The Labute approximate surface area is 222 Å². The van der Waals surface area contributed by atoms with Crippen molar-refractivity contribution >= 4 is 17.7 Å². The molecule has 0 radical (unpaired) electrons. The molecule has 0 bridgehead atoms. The number of aryl methyl sites for hydroxylation is 1. The van der Waals surface area contributed by atoms with Crippen LogP contribution in [0.5, 0.6) is 11.5 Å². The lowest BCUT2D eigenvalue weighted by Crippen LogP contribution is -2.41. The number of hydrogen-bond donors (Lipinski definition) is 1. The molecular formula is C29H34N4O5. The first kappa shape index (κ1) is 25.6. The molecule has 2 aromatic carbocycles. The first-order chi connectivity index (χ1) is 18.2. The van der Waals surface area contributed by atoms with Gasteiger partial charge in [-0.15, -0.1) is 0 Å². The van der Waals surface area contributed by atoms with E-state index in [9.17, 15) is 9.59 Å². The zero-order chi connectivity index (χ0) is 26.9. The Morgan fingerprint density at radius 3 is 2.47 bits per heavy atom. The van der Waals surface area contributed by atoms with Crippen LogP contribution in [-0.2, 0) is 4.74 Å². The van der Waals surface area contributed by atoms with Crippen LogP contribution in [0.3, 0.4) is 0 Å². The summed E-state index contributed by atoms with van der Waals surface area (Å²) in [7, 11) is 0. The maximum absolute atomic E-state index is 13.6. The van der Waals surface area contributed by atoms with Gasteiger partial charge >= 0.3 is 6.09 Å². The molecule has 3 heterocycles. The van der Waals surface area contributed by atoms with E-state index in [2.05, 4.69) is 16.5 Å². The number of piperidine rings is 1. The minimum Gasteiger partial charge on any atom is -0.486 e. The van der Waals surface area contributed by atoms with Crippen molar-refractivity contribution in [3.05, 3.63) is 65.5 Å². The molecule has 2 amide bonds. The lowest BCUT2D eigenvalue weighted by Gasteiger charge is -2.34. The fraction of sp³-hybridized carbons (Fsp3) is 0.414. The van der Waals surface area contributed by atoms with E-state index >= 15 is 0 Å². The maximum atomic E-state index is 13.6. The number of likely N-dealkylation sites (tertiary alicyclic amines) is 1. The summed E-state index contributed by atoms with van der Waals surface area (Å²) in [5.74, 6) is 1.07. The Kier molecular flexibility index (Phi) is 7.01. The van der Waals surface area contributed by atoms with Crippen molar-refractivity contribution in [3.63, 3.8) is 0 Å². The minimum absolute atomic E-state index is 0.0396. The molecular weight excluding hydrogens is 484 g/mol. The Bertz CT molecular complexity index is 1330. The van der Waals surface area contributed by atoms with Crippen LogP contribution >= 0.6 is 0 Å². The molecule has 9 heteroatoms. The molecule has 0 spiro atoms.